The molecule has 2 aromatic heterocycles. The molecule has 0 spiro atoms. The maximum absolute atomic E-state index is 13.4. The summed E-state index contributed by atoms with van der Waals surface area (Å²) in [6, 6.07) is 13.9. The molecule has 0 saturated carbocycles. The lowest BCUT2D eigenvalue weighted by Crippen LogP contribution is -2.28. The number of hydrogen-bond acceptors (Lipinski definition) is 4. The average Bonchev–Trinajstić information content (AvgIpc) is 3.43. The van der Waals surface area contributed by atoms with Gasteiger partial charge in [0.15, 0.2) is 5.65 Å². The standard InChI is InChI=1S/C24H19F3N4O3.ClH/c25-24(26,27)17-11-20-21(29-12-17)31(19-9-10-28-13-19)23(34)30(20)18-7-5-15(6-8-18)14-1-3-16(4-2-14)22(32)33;/h1-8,11-12,19,28H,9-10,13H2,(H,32,33);1H. The Morgan fingerprint density at radius 1 is 1.06 bits per heavy atom. The molecule has 4 aromatic rings. The first-order valence-corrected chi connectivity index (χ1v) is 10.6. The molecule has 1 saturated heterocycles. The van der Waals surface area contributed by atoms with Crippen molar-refractivity contribution in [2.75, 3.05) is 13.1 Å². The summed E-state index contributed by atoms with van der Waals surface area (Å²) in [5.74, 6) is -1.03. The highest BCUT2D eigenvalue weighted by atomic mass is 35.5. The predicted molar refractivity (Wildman–Crippen MR) is 126 cm³/mol. The first-order chi connectivity index (χ1) is 16.2. The minimum Gasteiger partial charge on any atom is -0.478 e. The normalized spacial score (nSPS) is 15.8. The Bertz CT molecular complexity index is 1440. The van der Waals surface area contributed by atoms with E-state index in [0.29, 0.717) is 25.2 Å². The molecule has 1 unspecified atom stereocenters. The van der Waals surface area contributed by atoms with Crippen LogP contribution in [0.15, 0.2) is 65.6 Å². The van der Waals surface area contributed by atoms with Crippen LogP contribution in [0.1, 0.15) is 28.4 Å². The smallest absolute Gasteiger partial charge is 0.417 e. The van der Waals surface area contributed by atoms with Crippen molar-refractivity contribution in [2.24, 2.45) is 0 Å². The van der Waals surface area contributed by atoms with Crippen molar-refractivity contribution in [3.05, 3.63) is 82.4 Å². The zero-order valence-electron chi connectivity index (χ0n) is 18.1. The monoisotopic (exact) mass is 504 g/mol. The van der Waals surface area contributed by atoms with Crippen molar-refractivity contribution in [1.29, 1.82) is 0 Å². The van der Waals surface area contributed by atoms with E-state index in [9.17, 15) is 22.8 Å². The largest absolute Gasteiger partial charge is 0.478 e. The van der Waals surface area contributed by atoms with Crippen LogP contribution < -0.4 is 11.0 Å². The fourth-order valence-corrected chi connectivity index (χ4v) is 4.30. The molecule has 1 fully saturated rings. The number of carboxylic acids is 1. The molecule has 11 heteroatoms. The van der Waals surface area contributed by atoms with Gasteiger partial charge in [0.2, 0.25) is 0 Å². The third-order valence-corrected chi connectivity index (χ3v) is 6.03. The third kappa shape index (κ3) is 4.42. The molecule has 0 aliphatic carbocycles. The minimum atomic E-state index is -4.59. The summed E-state index contributed by atoms with van der Waals surface area (Å²) in [5, 5.41) is 12.2. The summed E-state index contributed by atoms with van der Waals surface area (Å²) in [4.78, 5) is 28.5. The molecule has 0 amide bonds. The quantitative estimate of drug-likeness (QED) is 0.426. The molecule has 1 aliphatic rings. The molecule has 5 rings (SSSR count). The van der Waals surface area contributed by atoms with Gasteiger partial charge in [0.1, 0.15) is 0 Å². The van der Waals surface area contributed by atoms with Crippen LogP contribution in [0.25, 0.3) is 28.0 Å². The van der Waals surface area contributed by atoms with Crippen LogP contribution in [0.5, 0.6) is 0 Å². The topological polar surface area (TPSA) is 89.1 Å². The van der Waals surface area contributed by atoms with Crippen molar-refractivity contribution in [3.63, 3.8) is 0 Å². The molecule has 3 heterocycles. The number of aromatic carboxylic acids is 1. The number of hydrogen-bond donors (Lipinski definition) is 2. The van der Waals surface area contributed by atoms with Crippen molar-refractivity contribution in [3.8, 4) is 16.8 Å². The maximum atomic E-state index is 13.4. The van der Waals surface area contributed by atoms with E-state index in [-0.39, 0.29) is 35.2 Å². The Hall–Kier alpha value is -3.63. The van der Waals surface area contributed by atoms with E-state index < -0.39 is 23.4 Å². The summed E-state index contributed by atoms with van der Waals surface area (Å²) in [5.41, 5.74) is 1.03. The predicted octanol–water partition coefficient (Wildman–Crippen LogP) is 4.53. The Kier molecular flexibility index (Phi) is 6.44. The van der Waals surface area contributed by atoms with Gasteiger partial charge in [-0.15, -0.1) is 12.4 Å². The van der Waals surface area contributed by atoms with Crippen LogP contribution in [-0.4, -0.2) is 38.3 Å². The lowest BCUT2D eigenvalue weighted by Gasteiger charge is -2.10. The Balaban J connectivity index is 0.00000289. The molecule has 0 bridgehead atoms. The number of imidazole rings is 1. The fraction of sp³-hybridized carbons (Fsp3) is 0.208. The van der Waals surface area contributed by atoms with Crippen LogP contribution in [0.4, 0.5) is 13.2 Å². The third-order valence-electron chi connectivity index (χ3n) is 6.03. The Labute approximate surface area is 203 Å². The summed E-state index contributed by atoms with van der Waals surface area (Å²) < 4.78 is 42.9. The van der Waals surface area contributed by atoms with E-state index >= 15 is 0 Å². The van der Waals surface area contributed by atoms with E-state index in [4.69, 9.17) is 5.11 Å². The van der Waals surface area contributed by atoms with Gasteiger partial charge < -0.3 is 10.4 Å². The van der Waals surface area contributed by atoms with E-state index in [2.05, 4.69) is 10.3 Å². The highest BCUT2D eigenvalue weighted by molar-refractivity contribution is 5.88. The van der Waals surface area contributed by atoms with Gasteiger partial charge >= 0.3 is 17.8 Å². The van der Waals surface area contributed by atoms with Crippen molar-refractivity contribution in [1.82, 2.24) is 19.4 Å². The number of halogens is 4. The number of benzene rings is 2. The zero-order valence-corrected chi connectivity index (χ0v) is 18.9. The number of carbonyl (C=O) groups is 1. The summed E-state index contributed by atoms with van der Waals surface area (Å²) in [7, 11) is 0. The Morgan fingerprint density at radius 3 is 2.23 bits per heavy atom. The Morgan fingerprint density at radius 2 is 1.69 bits per heavy atom. The van der Waals surface area contributed by atoms with Crippen LogP contribution in [0.3, 0.4) is 0 Å². The van der Waals surface area contributed by atoms with Gasteiger partial charge in [0.05, 0.1) is 28.4 Å². The second-order valence-corrected chi connectivity index (χ2v) is 8.13. The van der Waals surface area contributed by atoms with E-state index in [0.717, 1.165) is 23.4 Å². The molecule has 1 aliphatic heterocycles. The molecule has 0 radical (unpaired) electrons. The van der Waals surface area contributed by atoms with Gasteiger partial charge in [-0.1, -0.05) is 24.3 Å². The van der Waals surface area contributed by atoms with Crippen molar-refractivity contribution < 1.29 is 23.1 Å². The summed E-state index contributed by atoms with van der Waals surface area (Å²) >= 11 is 0. The first-order valence-electron chi connectivity index (χ1n) is 10.6. The molecule has 182 valence electrons. The lowest BCUT2D eigenvalue weighted by atomic mass is 10.0. The first kappa shape index (κ1) is 24.5. The number of aromatic nitrogens is 3. The fourth-order valence-electron chi connectivity index (χ4n) is 4.30. The summed E-state index contributed by atoms with van der Waals surface area (Å²) in [6.07, 6.45) is -3.16. The lowest BCUT2D eigenvalue weighted by molar-refractivity contribution is -0.137. The SMILES string of the molecule is Cl.O=C(O)c1ccc(-c2ccc(-n3c(=O)n(C4CCNC4)c4ncc(C(F)(F)F)cc43)cc2)cc1. The van der Waals surface area contributed by atoms with Crippen LogP contribution in [0, 0.1) is 0 Å². The number of carboxylic acid groups (broad SMARTS) is 1. The highest BCUT2D eigenvalue weighted by Gasteiger charge is 2.33. The van der Waals surface area contributed by atoms with Crippen LogP contribution >= 0.6 is 12.4 Å². The second-order valence-electron chi connectivity index (χ2n) is 8.13. The maximum Gasteiger partial charge on any atom is 0.417 e. The number of fused-ring (bicyclic) bond motifs is 1. The molecule has 7 nitrogen and oxygen atoms in total. The van der Waals surface area contributed by atoms with Gasteiger partial charge in [-0.3, -0.25) is 9.13 Å². The molecular formula is C24H20ClF3N4O3. The minimum absolute atomic E-state index is 0. The van der Waals surface area contributed by atoms with E-state index in [1.165, 1.54) is 21.3 Å². The number of rotatable bonds is 4. The number of pyridine rings is 1. The van der Waals surface area contributed by atoms with Gasteiger partial charge in [0, 0.05) is 12.7 Å². The zero-order chi connectivity index (χ0) is 24.0. The van der Waals surface area contributed by atoms with Crippen molar-refractivity contribution in [2.45, 2.75) is 18.6 Å². The second kappa shape index (κ2) is 9.20. The number of nitrogens with one attached hydrogen (secondary N) is 1. The van der Waals surface area contributed by atoms with E-state index in [1.54, 1.807) is 36.4 Å². The summed E-state index contributed by atoms with van der Waals surface area (Å²) in [6.45, 7) is 1.24. The van der Waals surface area contributed by atoms with Gasteiger partial charge in [-0.05, 0) is 54.4 Å². The van der Waals surface area contributed by atoms with Gasteiger partial charge in [0.25, 0.3) is 0 Å². The van der Waals surface area contributed by atoms with Gasteiger partial charge in [-0.2, -0.15) is 13.2 Å². The van der Waals surface area contributed by atoms with Gasteiger partial charge in [-0.25, -0.2) is 14.6 Å². The molecule has 1 atom stereocenters. The highest BCUT2D eigenvalue weighted by Crippen LogP contribution is 2.32. The number of nitrogens with zero attached hydrogens (tertiary/aromatic N) is 3. The average molecular weight is 505 g/mol. The molecule has 2 N–H and O–H groups in total. The van der Waals surface area contributed by atoms with E-state index in [1.807, 2.05) is 0 Å². The molecule has 2 aromatic carbocycles. The molecule has 35 heavy (non-hydrogen) atoms. The van der Waals surface area contributed by atoms with Crippen LogP contribution in [0.2, 0.25) is 0 Å². The van der Waals surface area contributed by atoms with Crippen molar-refractivity contribution >= 4 is 29.5 Å². The van der Waals surface area contributed by atoms with Crippen LogP contribution in [-0.2, 0) is 6.18 Å². The number of alkyl halides is 3. The molecular weight excluding hydrogens is 485 g/mol.